The molecule has 0 spiro atoms. The molecule has 110 valence electrons. The lowest BCUT2D eigenvalue weighted by atomic mass is 9.73. The average molecular weight is 273 g/mol. The van der Waals surface area contributed by atoms with Crippen molar-refractivity contribution < 1.29 is 4.74 Å². The lowest BCUT2D eigenvalue weighted by molar-refractivity contribution is -0.0369. The number of hydrogen-bond donors (Lipinski definition) is 0. The topological polar surface area (TPSA) is 12.5 Å². The molecule has 3 rings (SSSR count). The molecule has 1 saturated heterocycles. The minimum Gasteiger partial charge on any atom is -0.381 e. The lowest BCUT2D eigenvalue weighted by Crippen LogP contribution is -2.52. The molecule has 0 N–H and O–H groups in total. The molecule has 1 aliphatic carbocycles. The van der Waals surface area contributed by atoms with Gasteiger partial charge in [0.2, 0.25) is 0 Å². The second-order valence-electron chi connectivity index (χ2n) is 6.40. The van der Waals surface area contributed by atoms with Gasteiger partial charge in [0.05, 0.1) is 6.10 Å². The van der Waals surface area contributed by atoms with E-state index in [1.165, 1.54) is 57.2 Å². The van der Waals surface area contributed by atoms with Crippen molar-refractivity contribution in [2.45, 2.75) is 56.6 Å². The Labute approximate surface area is 123 Å². The van der Waals surface area contributed by atoms with E-state index in [1.54, 1.807) is 0 Å². The van der Waals surface area contributed by atoms with E-state index in [4.69, 9.17) is 4.74 Å². The average Bonchev–Trinajstić information content (AvgIpc) is 2.56. The van der Waals surface area contributed by atoms with Gasteiger partial charge in [-0.2, -0.15) is 0 Å². The van der Waals surface area contributed by atoms with Crippen molar-refractivity contribution in [1.82, 2.24) is 4.90 Å². The van der Waals surface area contributed by atoms with Crippen LogP contribution >= 0.6 is 0 Å². The fourth-order valence-corrected chi connectivity index (χ4v) is 4.21. The molecule has 1 saturated carbocycles. The van der Waals surface area contributed by atoms with Crippen LogP contribution in [0.3, 0.4) is 0 Å². The van der Waals surface area contributed by atoms with Crippen LogP contribution in [0.1, 0.15) is 50.5 Å². The highest BCUT2D eigenvalue weighted by Crippen LogP contribution is 2.44. The molecule has 2 aliphatic rings. The highest BCUT2D eigenvalue weighted by atomic mass is 16.5. The molecule has 0 bridgehead atoms. The highest BCUT2D eigenvalue weighted by molar-refractivity contribution is 5.26. The number of methoxy groups -OCH3 is 1. The third-order valence-corrected chi connectivity index (χ3v) is 5.29. The van der Waals surface area contributed by atoms with Gasteiger partial charge in [-0.25, -0.2) is 0 Å². The predicted molar refractivity (Wildman–Crippen MR) is 82.8 cm³/mol. The Kier molecular flexibility index (Phi) is 4.42. The largest absolute Gasteiger partial charge is 0.381 e. The Balaban J connectivity index is 1.93. The summed E-state index contributed by atoms with van der Waals surface area (Å²) >= 11 is 0. The first-order valence-corrected chi connectivity index (χ1v) is 8.18. The Bertz CT molecular complexity index is 413. The Hall–Kier alpha value is -0.860. The minimum absolute atomic E-state index is 0.223. The van der Waals surface area contributed by atoms with Crippen molar-refractivity contribution in [2.24, 2.45) is 0 Å². The van der Waals surface area contributed by atoms with E-state index in [0.29, 0.717) is 6.10 Å². The van der Waals surface area contributed by atoms with Gasteiger partial charge < -0.3 is 4.74 Å². The molecule has 0 radical (unpaired) electrons. The van der Waals surface area contributed by atoms with Gasteiger partial charge in [-0.15, -0.1) is 0 Å². The smallest absolute Gasteiger partial charge is 0.0592 e. The Morgan fingerprint density at radius 2 is 1.80 bits per heavy atom. The van der Waals surface area contributed by atoms with E-state index in [1.807, 2.05) is 7.11 Å². The molecule has 2 nitrogen and oxygen atoms in total. The van der Waals surface area contributed by atoms with Gasteiger partial charge in [-0.05, 0) is 57.2 Å². The molecule has 1 heterocycles. The molecule has 2 atom stereocenters. The van der Waals surface area contributed by atoms with Crippen molar-refractivity contribution in [3.8, 4) is 0 Å². The maximum absolute atomic E-state index is 5.73. The van der Waals surface area contributed by atoms with Crippen LogP contribution in [0, 0.1) is 0 Å². The number of piperidine rings is 1. The van der Waals surface area contributed by atoms with Crippen molar-refractivity contribution in [3.63, 3.8) is 0 Å². The summed E-state index contributed by atoms with van der Waals surface area (Å²) in [4.78, 5) is 2.76. The molecule has 0 aromatic heterocycles. The van der Waals surface area contributed by atoms with Crippen molar-refractivity contribution >= 4 is 0 Å². The van der Waals surface area contributed by atoms with Crippen molar-refractivity contribution in [1.29, 1.82) is 0 Å². The maximum Gasteiger partial charge on any atom is 0.0592 e. The maximum atomic E-state index is 5.73. The first-order valence-electron chi connectivity index (χ1n) is 8.18. The SMILES string of the molecule is CO[C@H]1CCC[C@](c2ccccc2)(N2CCCCC2)C1. The Morgan fingerprint density at radius 1 is 1.05 bits per heavy atom. The number of ether oxygens (including phenoxy) is 1. The highest BCUT2D eigenvalue weighted by Gasteiger charge is 2.42. The molecule has 1 aromatic rings. The van der Waals surface area contributed by atoms with Crippen LogP contribution in [-0.2, 0) is 10.3 Å². The summed E-state index contributed by atoms with van der Waals surface area (Å²) in [5.41, 5.74) is 1.73. The van der Waals surface area contributed by atoms with E-state index in [2.05, 4.69) is 35.2 Å². The molecule has 1 aliphatic heterocycles. The van der Waals surface area contributed by atoms with Gasteiger partial charge in [-0.3, -0.25) is 4.90 Å². The molecule has 20 heavy (non-hydrogen) atoms. The summed E-state index contributed by atoms with van der Waals surface area (Å²) in [6.07, 6.45) is 9.48. The van der Waals surface area contributed by atoms with Crippen LogP contribution in [0.25, 0.3) is 0 Å². The van der Waals surface area contributed by atoms with E-state index < -0.39 is 0 Å². The van der Waals surface area contributed by atoms with Gasteiger partial charge >= 0.3 is 0 Å². The first kappa shape index (κ1) is 14.1. The molecular formula is C18H27NO. The van der Waals surface area contributed by atoms with Crippen LogP contribution in [0.5, 0.6) is 0 Å². The first-order chi connectivity index (χ1) is 9.85. The fourth-order valence-electron chi connectivity index (χ4n) is 4.21. The van der Waals surface area contributed by atoms with Crippen LogP contribution in [0.4, 0.5) is 0 Å². The molecule has 2 heteroatoms. The summed E-state index contributed by atoms with van der Waals surface area (Å²) in [7, 11) is 1.88. The van der Waals surface area contributed by atoms with E-state index in [0.717, 1.165) is 6.42 Å². The molecule has 0 amide bonds. The third-order valence-electron chi connectivity index (χ3n) is 5.29. The van der Waals surface area contributed by atoms with Crippen LogP contribution in [0.2, 0.25) is 0 Å². The lowest BCUT2D eigenvalue weighted by Gasteiger charge is -2.50. The fraction of sp³-hybridized carbons (Fsp3) is 0.667. The monoisotopic (exact) mass is 273 g/mol. The quantitative estimate of drug-likeness (QED) is 0.826. The van der Waals surface area contributed by atoms with Gasteiger partial charge in [0.15, 0.2) is 0 Å². The summed E-state index contributed by atoms with van der Waals surface area (Å²) in [6.45, 7) is 2.51. The van der Waals surface area contributed by atoms with Gasteiger partial charge in [0.25, 0.3) is 0 Å². The van der Waals surface area contributed by atoms with E-state index >= 15 is 0 Å². The predicted octanol–water partition coefficient (Wildman–Crippen LogP) is 3.96. The molecule has 2 fully saturated rings. The number of nitrogens with zero attached hydrogens (tertiary/aromatic N) is 1. The standard InChI is InChI=1S/C18H27NO/c1-20-17-11-8-12-18(15-17,16-9-4-2-5-10-16)19-13-6-3-7-14-19/h2,4-5,9-10,17H,3,6-8,11-15H2,1H3/t17-,18-/m0/s1. The van der Waals surface area contributed by atoms with Crippen LogP contribution in [-0.4, -0.2) is 31.2 Å². The van der Waals surface area contributed by atoms with E-state index in [9.17, 15) is 0 Å². The number of rotatable bonds is 3. The second kappa shape index (κ2) is 6.28. The summed E-state index contributed by atoms with van der Waals surface area (Å²) in [6, 6.07) is 11.2. The summed E-state index contributed by atoms with van der Waals surface area (Å²) in [5.74, 6) is 0. The normalized spacial score (nSPS) is 32.1. The van der Waals surface area contributed by atoms with Crippen LogP contribution < -0.4 is 0 Å². The zero-order valence-electron chi connectivity index (χ0n) is 12.7. The van der Waals surface area contributed by atoms with Crippen molar-refractivity contribution in [2.75, 3.05) is 20.2 Å². The van der Waals surface area contributed by atoms with Crippen LogP contribution in [0.15, 0.2) is 30.3 Å². The second-order valence-corrected chi connectivity index (χ2v) is 6.40. The third kappa shape index (κ3) is 2.64. The van der Waals surface area contributed by atoms with Gasteiger partial charge in [0.1, 0.15) is 0 Å². The van der Waals surface area contributed by atoms with Gasteiger partial charge in [-0.1, -0.05) is 36.8 Å². The number of likely N-dealkylation sites (tertiary alicyclic amines) is 1. The van der Waals surface area contributed by atoms with Gasteiger partial charge in [0, 0.05) is 12.6 Å². The zero-order chi connectivity index (χ0) is 13.8. The van der Waals surface area contributed by atoms with E-state index in [-0.39, 0.29) is 5.54 Å². The number of hydrogen-bond acceptors (Lipinski definition) is 2. The minimum atomic E-state index is 0.223. The molecule has 0 unspecified atom stereocenters. The number of benzene rings is 1. The molecular weight excluding hydrogens is 246 g/mol. The summed E-state index contributed by atoms with van der Waals surface area (Å²) < 4.78 is 5.73. The summed E-state index contributed by atoms with van der Waals surface area (Å²) in [5, 5.41) is 0. The Morgan fingerprint density at radius 3 is 2.50 bits per heavy atom. The van der Waals surface area contributed by atoms with Crippen molar-refractivity contribution in [3.05, 3.63) is 35.9 Å². The molecule has 1 aromatic carbocycles. The zero-order valence-corrected chi connectivity index (χ0v) is 12.7.